The van der Waals surface area contributed by atoms with Crippen LogP contribution in [0, 0.1) is 6.92 Å². The van der Waals surface area contributed by atoms with Crippen molar-refractivity contribution in [1.29, 1.82) is 0 Å². The summed E-state index contributed by atoms with van der Waals surface area (Å²) in [6, 6.07) is 2.02. The van der Waals surface area contributed by atoms with E-state index in [-0.39, 0.29) is 5.78 Å². The summed E-state index contributed by atoms with van der Waals surface area (Å²) in [7, 11) is 2.13. The van der Waals surface area contributed by atoms with E-state index in [1.165, 1.54) is 0 Å². The molecule has 1 saturated heterocycles. The molecule has 0 radical (unpaired) electrons. The van der Waals surface area contributed by atoms with Crippen molar-refractivity contribution in [1.82, 2.24) is 9.80 Å². The largest absolute Gasteiger partial charge is 0.304 e. The fourth-order valence-corrected chi connectivity index (χ4v) is 2.80. The van der Waals surface area contributed by atoms with Crippen LogP contribution in [0.3, 0.4) is 0 Å². The lowest BCUT2D eigenvalue weighted by molar-refractivity contribution is 0.0880. The van der Waals surface area contributed by atoms with Gasteiger partial charge in [-0.25, -0.2) is 0 Å². The fraction of sp³-hybridized carbons (Fsp3) is 0.583. The van der Waals surface area contributed by atoms with E-state index in [1.54, 1.807) is 11.3 Å². The van der Waals surface area contributed by atoms with Crippen LogP contribution in [0.25, 0.3) is 0 Å². The van der Waals surface area contributed by atoms with Gasteiger partial charge in [0, 0.05) is 26.2 Å². The molecule has 88 valence electrons. The molecule has 1 aromatic rings. The van der Waals surface area contributed by atoms with Gasteiger partial charge in [0.1, 0.15) is 0 Å². The Labute approximate surface area is 101 Å². The van der Waals surface area contributed by atoms with Crippen molar-refractivity contribution in [3.8, 4) is 0 Å². The second-order valence-corrected chi connectivity index (χ2v) is 5.35. The summed E-state index contributed by atoms with van der Waals surface area (Å²) in [6.45, 7) is 6.73. The van der Waals surface area contributed by atoms with Crippen LogP contribution in [0.2, 0.25) is 0 Å². The smallest absolute Gasteiger partial charge is 0.186 e. The molecule has 0 aromatic carbocycles. The number of hydrogen-bond donors (Lipinski definition) is 0. The van der Waals surface area contributed by atoms with E-state index in [2.05, 4.69) is 16.8 Å². The highest BCUT2D eigenvalue weighted by Gasteiger charge is 2.18. The SMILES string of the molecule is Cc1ccsc1C(=O)CN1CCN(C)CC1. The van der Waals surface area contributed by atoms with Gasteiger partial charge in [0.15, 0.2) is 5.78 Å². The average molecular weight is 238 g/mol. The van der Waals surface area contributed by atoms with Crippen LogP contribution in [-0.4, -0.2) is 55.4 Å². The van der Waals surface area contributed by atoms with Gasteiger partial charge in [-0.05, 0) is 31.0 Å². The second-order valence-electron chi connectivity index (χ2n) is 4.44. The maximum absolute atomic E-state index is 12.0. The molecule has 2 heterocycles. The molecule has 0 amide bonds. The number of carbonyl (C=O) groups excluding carboxylic acids is 1. The lowest BCUT2D eigenvalue weighted by Gasteiger charge is -2.31. The maximum atomic E-state index is 12.0. The van der Waals surface area contributed by atoms with Crippen molar-refractivity contribution in [2.24, 2.45) is 0 Å². The zero-order valence-electron chi connectivity index (χ0n) is 9.90. The Hall–Kier alpha value is -0.710. The molecular formula is C12H18N2OS. The topological polar surface area (TPSA) is 23.6 Å². The predicted octanol–water partition coefficient (Wildman–Crippen LogP) is 1.49. The highest BCUT2D eigenvalue weighted by Crippen LogP contribution is 2.16. The zero-order chi connectivity index (χ0) is 11.5. The van der Waals surface area contributed by atoms with Gasteiger partial charge in [0.2, 0.25) is 0 Å². The Bertz CT molecular complexity index is 367. The molecule has 1 aromatic heterocycles. The number of rotatable bonds is 3. The first-order valence-corrected chi connectivity index (χ1v) is 6.53. The van der Waals surface area contributed by atoms with Gasteiger partial charge in [-0.15, -0.1) is 11.3 Å². The monoisotopic (exact) mass is 238 g/mol. The Balaban J connectivity index is 1.91. The van der Waals surface area contributed by atoms with Gasteiger partial charge in [0.25, 0.3) is 0 Å². The van der Waals surface area contributed by atoms with E-state index >= 15 is 0 Å². The lowest BCUT2D eigenvalue weighted by atomic mass is 10.2. The number of aryl methyl sites for hydroxylation is 1. The molecule has 1 aliphatic heterocycles. The number of ketones is 1. The molecule has 0 N–H and O–H groups in total. The molecule has 0 spiro atoms. The molecule has 0 saturated carbocycles. The number of carbonyl (C=O) groups is 1. The third-order valence-corrected chi connectivity index (χ3v) is 4.14. The molecule has 0 unspecified atom stereocenters. The highest BCUT2D eigenvalue weighted by atomic mass is 32.1. The number of thiophene rings is 1. The molecule has 0 aliphatic carbocycles. The maximum Gasteiger partial charge on any atom is 0.186 e. The van der Waals surface area contributed by atoms with E-state index in [0.717, 1.165) is 36.6 Å². The van der Waals surface area contributed by atoms with Crippen molar-refractivity contribution in [3.63, 3.8) is 0 Å². The summed E-state index contributed by atoms with van der Waals surface area (Å²) in [5.74, 6) is 0.275. The Kier molecular flexibility index (Phi) is 3.74. The van der Waals surface area contributed by atoms with Gasteiger partial charge in [-0.1, -0.05) is 0 Å². The summed E-state index contributed by atoms with van der Waals surface area (Å²) >= 11 is 1.56. The second kappa shape index (κ2) is 5.08. The van der Waals surface area contributed by atoms with Gasteiger partial charge < -0.3 is 4.90 Å². The van der Waals surface area contributed by atoms with Crippen LogP contribution < -0.4 is 0 Å². The first kappa shape index (κ1) is 11.8. The van der Waals surface area contributed by atoms with Crippen LogP contribution in [0.1, 0.15) is 15.2 Å². The summed E-state index contributed by atoms with van der Waals surface area (Å²) < 4.78 is 0. The van der Waals surface area contributed by atoms with E-state index in [1.807, 2.05) is 18.4 Å². The van der Waals surface area contributed by atoms with Crippen molar-refractivity contribution in [2.45, 2.75) is 6.92 Å². The van der Waals surface area contributed by atoms with Crippen LogP contribution in [-0.2, 0) is 0 Å². The summed E-state index contributed by atoms with van der Waals surface area (Å²) in [5, 5.41) is 1.99. The highest BCUT2D eigenvalue weighted by molar-refractivity contribution is 7.12. The number of Topliss-reactive ketones (excluding diaryl/α,β-unsaturated/α-hetero) is 1. The Morgan fingerprint density at radius 1 is 1.38 bits per heavy atom. The fourth-order valence-electron chi connectivity index (χ4n) is 1.94. The van der Waals surface area contributed by atoms with Crippen LogP contribution in [0.5, 0.6) is 0 Å². The molecule has 2 rings (SSSR count). The normalized spacial score (nSPS) is 18.9. The molecular weight excluding hydrogens is 220 g/mol. The molecule has 3 nitrogen and oxygen atoms in total. The molecule has 0 bridgehead atoms. The number of piperazine rings is 1. The molecule has 4 heteroatoms. The van der Waals surface area contributed by atoms with Crippen molar-refractivity contribution in [3.05, 3.63) is 21.9 Å². The third kappa shape index (κ3) is 2.70. The molecule has 1 fully saturated rings. The minimum atomic E-state index is 0.275. The number of nitrogens with zero attached hydrogens (tertiary/aromatic N) is 2. The van der Waals surface area contributed by atoms with Crippen LogP contribution in [0.4, 0.5) is 0 Å². The van der Waals surface area contributed by atoms with E-state index in [4.69, 9.17) is 0 Å². The van der Waals surface area contributed by atoms with Crippen LogP contribution >= 0.6 is 11.3 Å². The first-order valence-electron chi connectivity index (χ1n) is 5.65. The van der Waals surface area contributed by atoms with Gasteiger partial charge >= 0.3 is 0 Å². The lowest BCUT2D eigenvalue weighted by Crippen LogP contribution is -2.46. The Morgan fingerprint density at radius 3 is 2.62 bits per heavy atom. The quantitative estimate of drug-likeness (QED) is 0.745. The van der Waals surface area contributed by atoms with Gasteiger partial charge in [-0.2, -0.15) is 0 Å². The summed E-state index contributed by atoms with van der Waals surface area (Å²) in [4.78, 5) is 17.5. The number of hydrogen-bond acceptors (Lipinski definition) is 4. The van der Waals surface area contributed by atoms with Crippen molar-refractivity contribution in [2.75, 3.05) is 39.8 Å². The average Bonchev–Trinajstić information content (AvgIpc) is 2.68. The van der Waals surface area contributed by atoms with E-state index in [0.29, 0.717) is 6.54 Å². The zero-order valence-corrected chi connectivity index (χ0v) is 10.7. The van der Waals surface area contributed by atoms with E-state index in [9.17, 15) is 4.79 Å². The minimum absolute atomic E-state index is 0.275. The summed E-state index contributed by atoms with van der Waals surface area (Å²) in [6.07, 6.45) is 0. The molecule has 1 aliphatic rings. The molecule has 0 atom stereocenters. The summed E-state index contributed by atoms with van der Waals surface area (Å²) in [5.41, 5.74) is 1.11. The van der Waals surface area contributed by atoms with E-state index < -0.39 is 0 Å². The Morgan fingerprint density at radius 2 is 2.06 bits per heavy atom. The third-order valence-electron chi connectivity index (χ3n) is 3.08. The van der Waals surface area contributed by atoms with Gasteiger partial charge in [-0.3, -0.25) is 9.69 Å². The standard InChI is InChI=1S/C12H18N2OS/c1-10-3-8-16-12(10)11(15)9-14-6-4-13(2)5-7-14/h3,8H,4-7,9H2,1-2H3. The number of likely N-dealkylation sites (N-methyl/N-ethyl adjacent to an activating group) is 1. The minimum Gasteiger partial charge on any atom is -0.304 e. The first-order chi connectivity index (χ1) is 7.66. The van der Waals surface area contributed by atoms with Gasteiger partial charge in [0.05, 0.1) is 11.4 Å². The van der Waals surface area contributed by atoms with Crippen LogP contribution in [0.15, 0.2) is 11.4 Å². The predicted molar refractivity (Wildman–Crippen MR) is 67.3 cm³/mol. The van der Waals surface area contributed by atoms with Crippen molar-refractivity contribution >= 4 is 17.1 Å². The molecule has 16 heavy (non-hydrogen) atoms. The van der Waals surface area contributed by atoms with Crippen molar-refractivity contribution < 1.29 is 4.79 Å².